The quantitative estimate of drug-likeness (QED) is 0.598. The molecule has 0 bridgehead atoms. The molecule has 0 aromatic heterocycles. The molecule has 0 amide bonds. The van der Waals surface area contributed by atoms with Crippen molar-refractivity contribution in [2.24, 2.45) is 0 Å². The molecule has 0 spiro atoms. The summed E-state index contributed by atoms with van der Waals surface area (Å²) in [7, 11) is 0. The Morgan fingerprint density at radius 2 is 1.80 bits per heavy atom. The van der Waals surface area contributed by atoms with Crippen LogP contribution < -0.4 is 0 Å². The first-order valence-electron chi connectivity index (χ1n) is 4.10. The third kappa shape index (κ3) is 4.46. The summed E-state index contributed by atoms with van der Waals surface area (Å²) < 4.78 is 4.66. The van der Waals surface area contributed by atoms with Gasteiger partial charge in [0.1, 0.15) is 0 Å². The first-order valence-corrected chi connectivity index (χ1v) is 4.10. The molecule has 0 heterocycles. The molecule has 1 aromatic rings. The van der Waals surface area contributed by atoms with Crippen LogP contribution in [0.25, 0.3) is 0 Å². The number of carboxylic acids is 1. The molecule has 0 saturated heterocycles. The van der Waals surface area contributed by atoms with Gasteiger partial charge in [-0.25, -0.2) is 9.59 Å². The summed E-state index contributed by atoms with van der Waals surface area (Å²) in [5, 5.41) is 8.50. The third-order valence-corrected chi connectivity index (χ3v) is 1.64. The molecule has 1 atom stereocenters. The molecule has 76 valence electrons. The van der Waals surface area contributed by atoms with Gasteiger partial charge in [0.25, 0.3) is 0 Å². The Bertz CT molecular complexity index is 337. The predicted octanol–water partition coefficient (Wildman–Crippen LogP) is 0.668. The number of benzene rings is 1. The maximum absolute atomic E-state index is 11.3. The number of ether oxygens (including phenoxy) is 1. The zero-order chi connectivity index (χ0) is 10.6. The van der Waals surface area contributed by atoms with Crippen molar-refractivity contribution in [2.45, 2.75) is 13.0 Å². The number of carboxylic acid groups (broad SMARTS) is 1. The first-order chi connectivity index (χ1) is 6.61. The molecule has 15 heavy (non-hydrogen) atoms. The van der Waals surface area contributed by atoms with Gasteiger partial charge in [-0.2, -0.15) is 0 Å². The summed E-state index contributed by atoms with van der Waals surface area (Å²) in [5.41, 5.74) is 0.348. The molecule has 0 fully saturated rings. The van der Waals surface area contributed by atoms with Gasteiger partial charge in [0.05, 0.1) is 5.56 Å². The predicted molar refractivity (Wildman–Crippen MR) is 56.1 cm³/mol. The van der Waals surface area contributed by atoms with Crippen LogP contribution in [-0.4, -0.2) is 52.7 Å². The first kappa shape index (κ1) is 14.2. The molecule has 1 N–H and O–H groups in total. The van der Waals surface area contributed by atoms with Crippen LogP contribution >= 0.6 is 0 Å². The van der Waals surface area contributed by atoms with Gasteiger partial charge in [-0.05, 0) is 19.1 Å². The second kappa shape index (κ2) is 6.61. The van der Waals surface area contributed by atoms with E-state index in [2.05, 4.69) is 4.74 Å². The fraction of sp³-hybridized carbons (Fsp3) is 0.200. The maximum atomic E-state index is 11.3. The summed E-state index contributed by atoms with van der Waals surface area (Å²) in [4.78, 5) is 21.7. The molecule has 0 radical (unpaired) electrons. The Hall–Kier alpha value is -0.840. The molecule has 1 aromatic carbocycles. The van der Waals surface area contributed by atoms with Crippen molar-refractivity contribution in [1.82, 2.24) is 0 Å². The second-order valence-corrected chi connectivity index (χ2v) is 2.75. The SMILES string of the molecule is CC(OC(=O)c1ccccc1)C(=O)O.[NaH]. The monoisotopic (exact) mass is 218 g/mol. The summed E-state index contributed by atoms with van der Waals surface area (Å²) in [5.74, 6) is -1.78. The second-order valence-electron chi connectivity index (χ2n) is 2.75. The van der Waals surface area contributed by atoms with Crippen molar-refractivity contribution in [2.75, 3.05) is 0 Å². The Balaban J connectivity index is 0.00000196. The van der Waals surface area contributed by atoms with Crippen molar-refractivity contribution < 1.29 is 19.4 Å². The van der Waals surface area contributed by atoms with Crippen molar-refractivity contribution in [3.63, 3.8) is 0 Å². The van der Waals surface area contributed by atoms with Crippen molar-refractivity contribution in [3.05, 3.63) is 35.9 Å². The van der Waals surface area contributed by atoms with Crippen molar-refractivity contribution >= 4 is 41.5 Å². The minimum atomic E-state index is -1.16. The Morgan fingerprint density at radius 1 is 1.27 bits per heavy atom. The zero-order valence-electron chi connectivity index (χ0n) is 7.64. The van der Waals surface area contributed by atoms with E-state index in [4.69, 9.17) is 5.11 Å². The number of rotatable bonds is 3. The molecule has 0 aliphatic carbocycles. The van der Waals surface area contributed by atoms with Crippen LogP contribution in [-0.2, 0) is 9.53 Å². The van der Waals surface area contributed by atoms with Crippen LogP contribution in [0.1, 0.15) is 17.3 Å². The zero-order valence-corrected chi connectivity index (χ0v) is 7.64. The normalized spacial score (nSPS) is 11.0. The standard InChI is InChI=1S/C10H10O4.Na.H/c1-7(9(11)12)14-10(13)8-5-3-2-4-6-8;;/h2-7H,1H3,(H,11,12);;. The molecular weight excluding hydrogens is 207 g/mol. The third-order valence-electron chi connectivity index (χ3n) is 1.64. The van der Waals surface area contributed by atoms with Gasteiger partial charge in [-0.15, -0.1) is 0 Å². The number of carbonyl (C=O) groups is 2. The van der Waals surface area contributed by atoms with Gasteiger partial charge in [-0.3, -0.25) is 0 Å². The van der Waals surface area contributed by atoms with E-state index in [1.165, 1.54) is 6.92 Å². The van der Waals surface area contributed by atoms with E-state index in [0.29, 0.717) is 5.56 Å². The Kier molecular flexibility index (Phi) is 6.24. The number of esters is 1. The van der Waals surface area contributed by atoms with Crippen LogP contribution in [0.5, 0.6) is 0 Å². The molecule has 4 nitrogen and oxygen atoms in total. The number of hydrogen-bond acceptors (Lipinski definition) is 3. The Morgan fingerprint density at radius 3 is 2.27 bits per heavy atom. The van der Waals surface area contributed by atoms with E-state index in [1.807, 2.05) is 0 Å². The van der Waals surface area contributed by atoms with Gasteiger partial charge < -0.3 is 9.84 Å². The molecule has 0 saturated carbocycles. The van der Waals surface area contributed by atoms with Gasteiger partial charge in [0.15, 0.2) is 6.10 Å². The van der Waals surface area contributed by atoms with E-state index < -0.39 is 18.0 Å². The Labute approximate surface area is 110 Å². The average molecular weight is 218 g/mol. The number of carbonyl (C=O) groups excluding carboxylic acids is 1. The summed E-state index contributed by atoms with van der Waals surface area (Å²) in [6.07, 6.45) is -1.12. The number of aliphatic carboxylic acids is 1. The fourth-order valence-corrected chi connectivity index (χ4v) is 0.853. The topological polar surface area (TPSA) is 63.6 Å². The van der Waals surface area contributed by atoms with Gasteiger partial charge in [0.2, 0.25) is 0 Å². The summed E-state index contributed by atoms with van der Waals surface area (Å²) in [6, 6.07) is 8.26. The van der Waals surface area contributed by atoms with E-state index in [9.17, 15) is 9.59 Å². The molecule has 0 aliphatic rings. The summed E-state index contributed by atoms with van der Waals surface area (Å²) >= 11 is 0. The van der Waals surface area contributed by atoms with E-state index in [1.54, 1.807) is 30.3 Å². The van der Waals surface area contributed by atoms with Gasteiger partial charge in [0, 0.05) is 0 Å². The molecule has 1 rings (SSSR count). The van der Waals surface area contributed by atoms with Crippen molar-refractivity contribution in [3.8, 4) is 0 Å². The molecule has 5 heteroatoms. The van der Waals surface area contributed by atoms with E-state index in [-0.39, 0.29) is 29.6 Å². The van der Waals surface area contributed by atoms with Crippen molar-refractivity contribution in [1.29, 1.82) is 0 Å². The van der Waals surface area contributed by atoms with Crippen LogP contribution in [0.2, 0.25) is 0 Å². The fourth-order valence-electron chi connectivity index (χ4n) is 0.853. The number of hydrogen-bond donors (Lipinski definition) is 1. The minimum absolute atomic E-state index is 0. The molecular formula is C10H11NaO4. The van der Waals surface area contributed by atoms with Crippen LogP contribution in [0, 0.1) is 0 Å². The van der Waals surface area contributed by atoms with E-state index in [0.717, 1.165) is 0 Å². The van der Waals surface area contributed by atoms with Crippen LogP contribution in [0.15, 0.2) is 30.3 Å². The van der Waals surface area contributed by atoms with Gasteiger partial charge >= 0.3 is 41.5 Å². The van der Waals surface area contributed by atoms with Gasteiger partial charge in [-0.1, -0.05) is 18.2 Å². The molecule has 1 unspecified atom stereocenters. The van der Waals surface area contributed by atoms with Crippen LogP contribution in [0.4, 0.5) is 0 Å². The summed E-state index contributed by atoms with van der Waals surface area (Å²) in [6.45, 7) is 1.31. The van der Waals surface area contributed by atoms with Crippen LogP contribution in [0.3, 0.4) is 0 Å². The average Bonchev–Trinajstić information content (AvgIpc) is 2.19. The molecule has 0 aliphatic heterocycles. The van der Waals surface area contributed by atoms with E-state index >= 15 is 0 Å².